The number of methoxy groups -OCH3 is 2. The van der Waals surface area contributed by atoms with Crippen molar-refractivity contribution in [3.05, 3.63) is 11.9 Å². The fraction of sp³-hybridized carbons (Fsp3) is 0.286. The van der Waals surface area contributed by atoms with Crippen LogP contribution in [0.5, 0.6) is 5.75 Å². The highest BCUT2D eigenvalue weighted by molar-refractivity contribution is 5.90. The Morgan fingerprint density at radius 1 is 1.54 bits per heavy atom. The molecule has 0 saturated heterocycles. The highest BCUT2D eigenvalue weighted by Crippen LogP contribution is 2.15. The second-order valence-electron chi connectivity index (χ2n) is 2.14. The van der Waals surface area contributed by atoms with Gasteiger partial charge >= 0.3 is 5.97 Å². The molecule has 13 heavy (non-hydrogen) atoms. The Kier molecular flexibility index (Phi) is 2.63. The molecule has 1 heterocycles. The van der Waals surface area contributed by atoms with E-state index < -0.39 is 5.97 Å². The molecule has 1 aromatic rings. The number of ether oxygens (including phenoxy) is 2. The quantitative estimate of drug-likeness (QED) is 0.642. The van der Waals surface area contributed by atoms with Crippen molar-refractivity contribution in [1.29, 1.82) is 0 Å². The number of rotatable bonds is 2. The molecular formula is C7H9N3O3. The molecule has 70 valence electrons. The zero-order chi connectivity index (χ0) is 9.84. The highest BCUT2D eigenvalue weighted by Gasteiger charge is 2.15. The van der Waals surface area contributed by atoms with Crippen molar-refractivity contribution >= 4 is 11.9 Å². The fourth-order valence-electron chi connectivity index (χ4n) is 0.777. The number of hydrogen-bond acceptors (Lipinski definition) is 6. The number of carbonyl (C=O) groups is 1. The third kappa shape index (κ3) is 1.84. The van der Waals surface area contributed by atoms with E-state index in [1.165, 1.54) is 20.4 Å². The van der Waals surface area contributed by atoms with Gasteiger partial charge in [0.25, 0.3) is 0 Å². The van der Waals surface area contributed by atoms with Crippen LogP contribution in [-0.4, -0.2) is 30.2 Å². The van der Waals surface area contributed by atoms with Crippen LogP contribution in [0.4, 0.5) is 5.95 Å². The lowest BCUT2D eigenvalue weighted by Gasteiger charge is -2.04. The maximum Gasteiger partial charge on any atom is 0.360 e. The van der Waals surface area contributed by atoms with Crippen molar-refractivity contribution in [3.8, 4) is 5.75 Å². The number of esters is 1. The number of aromatic nitrogens is 2. The minimum Gasteiger partial charge on any atom is -0.493 e. The minimum atomic E-state index is -0.606. The zero-order valence-corrected chi connectivity index (χ0v) is 7.27. The van der Waals surface area contributed by atoms with Gasteiger partial charge in [-0.05, 0) is 0 Å². The van der Waals surface area contributed by atoms with E-state index in [1.54, 1.807) is 0 Å². The van der Waals surface area contributed by atoms with Gasteiger partial charge in [0.1, 0.15) is 0 Å². The van der Waals surface area contributed by atoms with E-state index in [0.29, 0.717) is 0 Å². The number of nitrogens with two attached hydrogens (primary N) is 1. The topological polar surface area (TPSA) is 87.3 Å². The number of nitrogen functional groups attached to an aromatic ring is 1. The second kappa shape index (κ2) is 3.70. The Hall–Kier alpha value is -1.85. The van der Waals surface area contributed by atoms with Crippen molar-refractivity contribution in [3.63, 3.8) is 0 Å². The van der Waals surface area contributed by atoms with E-state index in [-0.39, 0.29) is 17.4 Å². The first kappa shape index (κ1) is 9.24. The molecule has 0 atom stereocenters. The molecule has 0 spiro atoms. The van der Waals surface area contributed by atoms with Crippen LogP contribution < -0.4 is 10.5 Å². The van der Waals surface area contributed by atoms with Crippen LogP contribution in [-0.2, 0) is 4.74 Å². The zero-order valence-electron chi connectivity index (χ0n) is 7.27. The van der Waals surface area contributed by atoms with Crippen molar-refractivity contribution in [2.75, 3.05) is 20.0 Å². The molecule has 0 aromatic carbocycles. The van der Waals surface area contributed by atoms with Gasteiger partial charge < -0.3 is 15.2 Å². The molecule has 6 heteroatoms. The van der Waals surface area contributed by atoms with Gasteiger partial charge in [0.2, 0.25) is 5.95 Å². The number of anilines is 1. The largest absolute Gasteiger partial charge is 0.493 e. The van der Waals surface area contributed by atoms with Crippen LogP contribution in [0.1, 0.15) is 10.5 Å². The average molecular weight is 183 g/mol. The lowest BCUT2D eigenvalue weighted by molar-refractivity contribution is 0.0590. The monoisotopic (exact) mass is 183 g/mol. The molecule has 1 aromatic heterocycles. The minimum absolute atomic E-state index is 0.00111. The van der Waals surface area contributed by atoms with Crippen molar-refractivity contribution < 1.29 is 14.3 Å². The summed E-state index contributed by atoms with van der Waals surface area (Å²) in [7, 11) is 2.65. The summed E-state index contributed by atoms with van der Waals surface area (Å²) in [5, 5.41) is 0. The smallest absolute Gasteiger partial charge is 0.360 e. The molecule has 0 saturated carbocycles. The predicted molar refractivity (Wildman–Crippen MR) is 44.3 cm³/mol. The molecule has 1 rings (SSSR count). The summed E-state index contributed by atoms with van der Waals surface area (Å²) in [5.41, 5.74) is 5.31. The standard InChI is InChI=1S/C7H9N3O3/c1-12-4-3-9-7(8)10-5(4)6(11)13-2/h3H,1-2H3,(H2,8,9,10). The second-order valence-corrected chi connectivity index (χ2v) is 2.14. The Balaban J connectivity index is 3.15. The molecule has 0 aliphatic carbocycles. The summed E-state index contributed by atoms with van der Waals surface area (Å²) in [4.78, 5) is 18.4. The maximum absolute atomic E-state index is 11.1. The van der Waals surface area contributed by atoms with Crippen molar-refractivity contribution in [2.45, 2.75) is 0 Å². The van der Waals surface area contributed by atoms with Crippen LogP contribution in [0.2, 0.25) is 0 Å². The summed E-state index contributed by atoms with van der Waals surface area (Å²) < 4.78 is 9.31. The molecule has 6 nitrogen and oxygen atoms in total. The maximum atomic E-state index is 11.1. The van der Waals surface area contributed by atoms with Crippen LogP contribution >= 0.6 is 0 Å². The molecule has 0 radical (unpaired) electrons. The lowest BCUT2D eigenvalue weighted by Crippen LogP contribution is -2.09. The molecule has 0 aliphatic heterocycles. The predicted octanol–water partition coefficient (Wildman–Crippen LogP) is -0.146. The summed E-state index contributed by atoms with van der Waals surface area (Å²) in [5.74, 6) is -0.367. The third-order valence-electron chi connectivity index (χ3n) is 1.37. The van der Waals surface area contributed by atoms with Gasteiger partial charge in [0.15, 0.2) is 11.4 Å². The summed E-state index contributed by atoms with van der Waals surface area (Å²) in [6, 6.07) is 0. The molecule has 0 amide bonds. The molecule has 0 unspecified atom stereocenters. The first-order chi connectivity index (χ1) is 6.19. The number of carbonyl (C=O) groups excluding carboxylic acids is 1. The van der Waals surface area contributed by atoms with Gasteiger partial charge in [0, 0.05) is 0 Å². The number of hydrogen-bond donors (Lipinski definition) is 1. The van der Waals surface area contributed by atoms with Crippen molar-refractivity contribution in [1.82, 2.24) is 9.97 Å². The fourth-order valence-corrected chi connectivity index (χ4v) is 0.777. The molecule has 0 bridgehead atoms. The van der Waals surface area contributed by atoms with Crippen molar-refractivity contribution in [2.24, 2.45) is 0 Å². The van der Waals surface area contributed by atoms with E-state index in [9.17, 15) is 4.79 Å². The van der Waals surface area contributed by atoms with E-state index in [2.05, 4.69) is 14.7 Å². The SMILES string of the molecule is COC(=O)c1nc(N)ncc1OC. The van der Waals surface area contributed by atoms with E-state index >= 15 is 0 Å². The van der Waals surface area contributed by atoms with Gasteiger partial charge in [0.05, 0.1) is 20.4 Å². The van der Waals surface area contributed by atoms with Crippen LogP contribution in [0.3, 0.4) is 0 Å². The van der Waals surface area contributed by atoms with Crippen LogP contribution in [0, 0.1) is 0 Å². The van der Waals surface area contributed by atoms with Gasteiger partial charge in [-0.3, -0.25) is 0 Å². The average Bonchev–Trinajstić information content (AvgIpc) is 2.16. The Bertz CT molecular complexity index is 327. The summed E-state index contributed by atoms with van der Waals surface area (Å²) >= 11 is 0. The van der Waals surface area contributed by atoms with E-state index in [1.807, 2.05) is 0 Å². The molecule has 0 fully saturated rings. The lowest BCUT2D eigenvalue weighted by atomic mass is 10.4. The molecule has 0 aliphatic rings. The highest BCUT2D eigenvalue weighted by atomic mass is 16.5. The Morgan fingerprint density at radius 3 is 2.77 bits per heavy atom. The first-order valence-corrected chi connectivity index (χ1v) is 3.44. The normalized spacial score (nSPS) is 9.38. The summed E-state index contributed by atoms with van der Waals surface area (Å²) in [6.07, 6.45) is 1.31. The molecular weight excluding hydrogens is 174 g/mol. The molecule has 2 N–H and O–H groups in total. The van der Waals surface area contributed by atoms with E-state index in [4.69, 9.17) is 10.5 Å². The summed E-state index contributed by atoms with van der Waals surface area (Å²) in [6.45, 7) is 0. The first-order valence-electron chi connectivity index (χ1n) is 3.44. The van der Waals surface area contributed by atoms with Gasteiger partial charge in [-0.1, -0.05) is 0 Å². The van der Waals surface area contributed by atoms with Gasteiger partial charge in [-0.25, -0.2) is 14.8 Å². The number of nitrogens with zero attached hydrogens (tertiary/aromatic N) is 2. The van der Waals surface area contributed by atoms with Gasteiger partial charge in [-0.15, -0.1) is 0 Å². The third-order valence-corrected chi connectivity index (χ3v) is 1.37. The van der Waals surface area contributed by atoms with Crippen LogP contribution in [0.25, 0.3) is 0 Å². The van der Waals surface area contributed by atoms with E-state index in [0.717, 1.165) is 0 Å². The van der Waals surface area contributed by atoms with Gasteiger partial charge in [-0.2, -0.15) is 0 Å². The Morgan fingerprint density at radius 2 is 2.23 bits per heavy atom. The van der Waals surface area contributed by atoms with Crippen LogP contribution in [0.15, 0.2) is 6.20 Å². The Labute approximate surface area is 74.7 Å².